The zero-order valence-corrected chi connectivity index (χ0v) is 11.0. The second-order valence-electron chi connectivity index (χ2n) is 4.69. The van der Waals surface area contributed by atoms with Crippen LogP contribution in [-0.4, -0.2) is 24.7 Å². The van der Waals surface area contributed by atoms with Crippen molar-refractivity contribution in [3.63, 3.8) is 0 Å². The van der Waals surface area contributed by atoms with Crippen LogP contribution in [-0.2, 0) is 11.3 Å². The van der Waals surface area contributed by atoms with Crippen LogP contribution in [0.2, 0.25) is 0 Å². The second kappa shape index (κ2) is 9.14. The zero-order valence-electron chi connectivity index (χ0n) is 11.0. The third kappa shape index (κ3) is 7.88. The molecule has 3 heteroatoms. The first-order valence-corrected chi connectivity index (χ1v) is 6.46. The monoisotopic (exact) mass is 236 g/mol. The molecule has 0 aliphatic carbocycles. The molecule has 1 aromatic heterocycles. The van der Waals surface area contributed by atoms with Gasteiger partial charge < -0.3 is 10.1 Å². The van der Waals surface area contributed by atoms with Gasteiger partial charge in [0.05, 0.1) is 6.61 Å². The number of hydrogen-bond acceptors (Lipinski definition) is 3. The van der Waals surface area contributed by atoms with Crippen LogP contribution >= 0.6 is 0 Å². The number of ether oxygens (including phenoxy) is 1. The fraction of sp³-hybridized carbons (Fsp3) is 0.643. The Hall–Kier alpha value is -0.930. The lowest BCUT2D eigenvalue weighted by atomic mass is 10.1. The summed E-state index contributed by atoms with van der Waals surface area (Å²) in [6, 6.07) is 4.03. The molecule has 0 aliphatic heterocycles. The maximum atomic E-state index is 5.54. The molecule has 0 saturated heterocycles. The van der Waals surface area contributed by atoms with Gasteiger partial charge in [-0.1, -0.05) is 19.9 Å². The number of aromatic nitrogens is 1. The van der Waals surface area contributed by atoms with Crippen LogP contribution in [0.1, 0.15) is 32.3 Å². The largest absolute Gasteiger partial charge is 0.380 e. The zero-order chi connectivity index (χ0) is 12.3. The van der Waals surface area contributed by atoms with Crippen molar-refractivity contribution in [1.29, 1.82) is 0 Å². The minimum atomic E-state index is 0.780. The van der Waals surface area contributed by atoms with Gasteiger partial charge in [-0.3, -0.25) is 4.98 Å². The van der Waals surface area contributed by atoms with Gasteiger partial charge in [-0.2, -0.15) is 0 Å². The molecule has 1 rings (SSSR count). The van der Waals surface area contributed by atoms with E-state index in [1.54, 1.807) is 6.20 Å². The molecule has 3 nitrogen and oxygen atoms in total. The van der Waals surface area contributed by atoms with Gasteiger partial charge in [0.15, 0.2) is 0 Å². The molecule has 17 heavy (non-hydrogen) atoms. The highest BCUT2D eigenvalue weighted by Gasteiger charge is 1.94. The fourth-order valence-electron chi connectivity index (χ4n) is 1.58. The van der Waals surface area contributed by atoms with Crippen molar-refractivity contribution >= 4 is 0 Å². The average molecular weight is 236 g/mol. The van der Waals surface area contributed by atoms with E-state index in [-0.39, 0.29) is 0 Å². The van der Waals surface area contributed by atoms with Crippen LogP contribution in [0.5, 0.6) is 0 Å². The molecule has 1 N–H and O–H groups in total. The molecule has 0 atom stereocenters. The first kappa shape index (κ1) is 14.1. The summed E-state index contributed by atoms with van der Waals surface area (Å²) >= 11 is 0. The quantitative estimate of drug-likeness (QED) is 0.669. The summed E-state index contributed by atoms with van der Waals surface area (Å²) in [4.78, 5) is 4.07. The van der Waals surface area contributed by atoms with Crippen molar-refractivity contribution in [1.82, 2.24) is 10.3 Å². The third-order valence-electron chi connectivity index (χ3n) is 2.55. The van der Waals surface area contributed by atoms with Crippen LogP contribution in [0.15, 0.2) is 24.5 Å². The minimum absolute atomic E-state index is 0.780. The van der Waals surface area contributed by atoms with Gasteiger partial charge >= 0.3 is 0 Å². The standard InChI is InChI=1S/C14H24N2O/c1-13(2)5-4-9-17-10-8-16-12-14-6-3-7-15-11-14/h3,6-7,11,13,16H,4-5,8-10,12H2,1-2H3. The molecule has 0 amide bonds. The number of hydrogen-bond donors (Lipinski definition) is 1. The fourth-order valence-corrected chi connectivity index (χ4v) is 1.58. The van der Waals surface area contributed by atoms with E-state index in [0.717, 1.165) is 32.2 Å². The Kier molecular flexibility index (Phi) is 7.60. The van der Waals surface area contributed by atoms with Gasteiger partial charge in [-0.25, -0.2) is 0 Å². The Morgan fingerprint density at radius 3 is 2.94 bits per heavy atom. The Labute approximate surface area is 105 Å². The molecule has 0 aromatic carbocycles. The van der Waals surface area contributed by atoms with Crippen molar-refractivity contribution in [3.8, 4) is 0 Å². The SMILES string of the molecule is CC(C)CCCOCCNCc1cccnc1. The van der Waals surface area contributed by atoms with E-state index >= 15 is 0 Å². The van der Waals surface area contributed by atoms with Crippen LogP contribution < -0.4 is 5.32 Å². The molecule has 0 bridgehead atoms. The highest BCUT2D eigenvalue weighted by Crippen LogP contribution is 2.02. The van der Waals surface area contributed by atoms with Crippen molar-refractivity contribution < 1.29 is 4.74 Å². The van der Waals surface area contributed by atoms with Gasteiger partial charge in [0.25, 0.3) is 0 Å². The molecule has 0 aliphatic rings. The molecule has 0 radical (unpaired) electrons. The Morgan fingerprint density at radius 2 is 2.24 bits per heavy atom. The smallest absolute Gasteiger partial charge is 0.0591 e. The highest BCUT2D eigenvalue weighted by atomic mass is 16.5. The highest BCUT2D eigenvalue weighted by molar-refractivity contribution is 5.07. The summed E-state index contributed by atoms with van der Waals surface area (Å²) in [5, 5.41) is 3.34. The Balaban J connectivity index is 1.88. The maximum absolute atomic E-state index is 5.54. The summed E-state index contributed by atoms with van der Waals surface area (Å²) in [7, 11) is 0. The predicted molar refractivity (Wildman–Crippen MR) is 70.8 cm³/mol. The predicted octanol–water partition coefficient (Wildman–Crippen LogP) is 2.62. The van der Waals surface area contributed by atoms with Crippen molar-refractivity contribution in [2.24, 2.45) is 5.92 Å². The third-order valence-corrected chi connectivity index (χ3v) is 2.55. The molecule has 96 valence electrons. The minimum Gasteiger partial charge on any atom is -0.380 e. The van der Waals surface area contributed by atoms with E-state index in [9.17, 15) is 0 Å². The number of pyridine rings is 1. The van der Waals surface area contributed by atoms with Gasteiger partial charge in [-0.15, -0.1) is 0 Å². The molecule has 1 aromatic rings. The van der Waals surface area contributed by atoms with E-state index in [1.165, 1.54) is 18.4 Å². The van der Waals surface area contributed by atoms with Crippen LogP contribution in [0.25, 0.3) is 0 Å². The molecule has 0 saturated carbocycles. The van der Waals surface area contributed by atoms with E-state index in [4.69, 9.17) is 4.74 Å². The van der Waals surface area contributed by atoms with Gasteiger partial charge in [-0.05, 0) is 30.4 Å². The molecule has 0 fully saturated rings. The van der Waals surface area contributed by atoms with Gasteiger partial charge in [0, 0.05) is 32.1 Å². The van der Waals surface area contributed by atoms with E-state index in [2.05, 4.69) is 30.2 Å². The summed E-state index contributed by atoms with van der Waals surface area (Å²) in [6.45, 7) is 7.93. The number of nitrogens with one attached hydrogen (secondary N) is 1. The van der Waals surface area contributed by atoms with E-state index in [1.807, 2.05) is 12.3 Å². The molecule has 1 heterocycles. The maximum Gasteiger partial charge on any atom is 0.0591 e. The van der Waals surface area contributed by atoms with Crippen LogP contribution in [0.4, 0.5) is 0 Å². The Bertz CT molecular complexity index is 275. The summed E-state index contributed by atoms with van der Waals surface area (Å²) < 4.78 is 5.54. The van der Waals surface area contributed by atoms with Crippen LogP contribution in [0.3, 0.4) is 0 Å². The second-order valence-corrected chi connectivity index (χ2v) is 4.69. The summed E-state index contributed by atoms with van der Waals surface area (Å²) in [5.41, 5.74) is 1.22. The number of nitrogens with zero attached hydrogens (tertiary/aromatic N) is 1. The number of rotatable bonds is 9. The average Bonchev–Trinajstić information content (AvgIpc) is 2.33. The Morgan fingerprint density at radius 1 is 1.35 bits per heavy atom. The summed E-state index contributed by atoms with van der Waals surface area (Å²) in [5.74, 6) is 0.780. The van der Waals surface area contributed by atoms with Crippen molar-refractivity contribution in [2.45, 2.75) is 33.2 Å². The van der Waals surface area contributed by atoms with Crippen molar-refractivity contribution in [3.05, 3.63) is 30.1 Å². The van der Waals surface area contributed by atoms with Crippen molar-refractivity contribution in [2.75, 3.05) is 19.8 Å². The topological polar surface area (TPSA) is 34.1 Å². The molecular formula is C14H24N2O. The molecule has 0 unspecified atom stereocenters. The van der Waals surface area contributed by atoms with E-state index in [0.29, 0.717) is 0 Å². The van der Waals surface area contributed by atoms with Gasteiger partial charge in [0.1, 0.15) is 0 Å². The normalized spacial score (nSPS) is 11.0. The first-order valence-electron chi connectivity index (χ1n) is 6.46. The van der Waals surface area contributed by atoms with Crippen LogP contribution in [0, 0.1) is 5.92 Å². The molecule has 0 spiro atoms. The van der Waals surface area contributed by atoms with E-state index < -0.39 is 0 Å². The first-order chi connectivity index (χ1) is 8.29. The summed E-state index contributed by atoms with van der Waals surface area (Å²) in [6.07, 6.45) is 6.10. The molecular weight excluding hydrogens is 212 g/mol. The van der Waals surface area contributed by atoms with Gasteiger partial charge in [0.2, 0.25) is 0 Å². The lowest BCUT2D eigenvalue weighted by Crippen LogP contribution is -2.19. The lowest BCUT2D eigenvalue weighted by molar-refractivity contribution is 0.129. The lowest BCUT2D eigenvalue weighted by Gasteiger charge is -2.07.